The van der Waals surface area contributed by atoms with Gasteiger partial charge >= 0.3 is 6.18 Å². The number of hydrogen-bond donors (Lipinski definition) is 0. The lowest BCUT2D eigenvalue weighted by Gasteiger charge is -2.22. The van der Waals surface area contributed by atoms with Crippen molar-refractivity contribution in [1.29, 1.82) is 0 Å². The van der Waals surface area contributed by atoms with Crippen molar-refractivity contribution in [3.05, 3.63) is 48.2 Å². The zero-order valence-electron chi connectivity index (χ0n) is 12.3. The Bertz CT molecular complexity index is 746. The molecular weight excluding hydrogens is 305 g/mol. The van der Waals surface area contributed by atoms with E-state index in [9.17, 15) is 18.0 Å². The number of aromatic nitrogens is 1. The highest BCUT2D eigenvalue weighted by Gasteiger charge is 2.39. The molecular formula is C17H15F3N2O. The van der Waals surface area contributed by atoms with Crippen molar-refractivity contribution in [3.8, 4) is 0 Å². The number of pyridine rings is 1. The summed E-state index contributed by atoms with van der Waals surface area (Å²) < 4.78 is 37.8. The maximum atomic E-state index is 12.6. The van der Waals surface area contributed by atoms with Crippen molar-refractivity contribution >= 4 is 22.9 Å². The molecule has 0 radical (unpaired) electrons. The minimum Gasteiger partial charge on any atom is -0.327 e. The number of alkyl halides is 3. The molecule has 1 aromatic heterocycles. The molecule has 0 aliphatic heterocycles. The van der Waals surface area contributed by atoms with Crippen LogP contribution in [0.3, 0.4) is 0 Å². The van der Waals surface area contributed by atoms with Crippen LogP contribution in [0, 0.1) is 0 Å². The van der Waals surface area contributed by atoms with Crippen molar-refractivity contribution in [3.63, 3.8) is 0 Å². The number of amides is 1. The maximum absolute atomic E-state index is 12.6. The number of fused-ring (bicyclic) bond motifs is 1. The van der Waals surface area contributed by atoms with E-state index in [0.717, 1.165) is 21.4 Å². The average molecular weight is 320 g/mol. The van der Waals surface area contributed by atoms with E-state index in [1.807, 2.05) is 24.3 Å². The van der Waals surface area contributed by atoms with E-state index in [1.54, 1.807) is 18.3 Å². The van der Waals surface area contributed by atoms with Crippen LogP contribution in [0.4, 0.5) is 13.2 Å². The zero-order chi connectivity index (χ0) is 16.4. The van der Waals surface area contributed by atoms with Crippen molar-refractivity contribution in [2.24, 2.45) is 0 Å². The SMILES string of the molecule is O=C(C=Cc1ccnc2ccccc12)N(CC(F)(F)F)C1CC1. The van der Waals surface area contributed by atoms with Crippen LogP contribution in [-0.4, -0.2) is 34.6 Å². The smallest absolute Gasteiger partial charge is 0.327 e. The maximum Gasteiger partial charge on any atom is 0.406 e. The summed E-state index contributed by atoms with van der Waals surface area (Å²) in [7, 11) is 0. The monoisotopic (exact) mass is 320 g/mol. The van der Waals surface area contributed by atoms with Crippen LogP contribution in [0.5, 0.6) is 0 Å². The molecule has 0 bridgehead atoms. The number of hydrogen-bond acceptors (Lipinski definition) is 2. The van der Waals surface area contributed by atoms with E-state index in [-0.39, 0.29) is 6.04 Å². The number of benzene rings is 1. The van der Waals surface area contributed by atoms with Crippen molar-refractivity contribution in [2.45, 2.75) is 25.1 Å². The molecule has 0 atom stereocenters. The standard InChI is InChI=1S/C17H15F3N2O/c18-17(19,20)11-22(13-6-7-13)16(23)8-5-12-9-10-21-15-4-2-1-3-14(12)15/h1-5,8-10,13H,6-7,11H2. The molecule has 1 aromatic carbocycles. The van der Waals surface area contributed by atoms with Crippen LogP contribution in [0.25, 0.3) is 17.0 Å². The number of carbonyl (C=O) groups excluding carboxylic acids is 1. The first-order valence-electron chi connectivity index (χ1n) is 7.33. The molecule has 2 aromatic rings. The largest absolute Gasteiger partial charge is 0.406 e. The van der Waals surface area contributed by atoms with Gasteiger partial charge in [-0.2, -0.15) is 13.2 Å². The molecule has 0 unspecified atom stereocenters. The van der Waals surface area contributed by atoms with Crippen molar-refractivity contribution in [1.82, 2.24) is 9.88 Å². The second-order valence-corrected chi connectivity index (χ2v) is 5.56. The Labute approximate surface area is 131 Å². The summed E-state index contributed by atoms with van der Waals surface area (Å²) in [6.45, 7) is -1.20. The second-order valence-electron chi connectivity index (χ2n) is 5.56. The molecule has 1 amide bonds. The highest BCUT2D eigenvalue weighted by Crippen LogP contribution is 2.30. The van der Waals surface area contributed by atoms with Crippen LogP contribution < -0.4 is 0 Å². The number of nitrogens with zero attached hydrogens (tertiary/aromatic N) is 2. The van der Waals surface area contributed by atoms with E-state index in [0.29, 0.717) is 12.8 Å². The highest BCUT2D eigenvalue weighted by molar-refractivity contribution is 5.96. The molecule has 3 rings (SSSR count). The number of halogens is 3. The van der Waals surface area contributed by atoms with Gasteiger partial charge in [0.2, 0.25) is 5.91 Å². The lowest BCUT2D eigenvalue weighted by molar-refractivity contribution is -0.159. The first-order chi connectivity index (χ1) is 10.9. The van der Waals surface area contributed by atoms with E-state index in [2.05, 4.69) is 4.98 Å². The van der Waals surface area contributed by atoms with Gasteiger partial charge in [0.05, 0.1) is 5.52 Å². The number of para-hydroxylation sites is 1. The normalized spacial score (nSPS) is 15.3. The van der Waals surface area contributed by atoms with Crippen LogP contribution in [0.2, 0.25) is 0 Å². The molecule has 1 aliphatic rings. The first-order valence-corrected chi connectivity index (χ1v) is 7.33. The molecule has 120 valence electrons. The third kappa shape index (κ3) is 3.88. The predicted molar refractivity (Wildman–Crippen MR) is 81.6 cm³/mol. The summed E-state index contributed by atoms with van der Waals surface area (Å²) in [5.41, 5.74) is 1.53. The molecule has 1 fully saturated rings. The van der Waals surface area contributed by atoms with Gasteiger partial charge in [0, 0.05) is 23.7 Å². The van der Waals surface area contributed by atoms with Gasteiger partial charge in [-0.1, -0.05) is 18.2 Å². The lowest BCUT2D eigenvalue weighted by atomic mass is 10.1. The van der Waals surface area contributed by atoms with Crippen LogP contribution in [0.15, 0.2) is 42.6 Å². The Morgan fingerprint density at radius 1 is 1.26 bits per heavy atom. The summed E-state index contributed by atoms with van der Waals surface area (Å²) in [5, 5.41) is 0.854. The lowest BCUT2D eigenvalue weighted by Crippen LogP contribution is -2.39. The summed E-state index contributed by atoms with van der Waals surface area (Å²) >= 11 is 0. The van der Waals surface area contributed by atoms with Gasteiger partial charge in [-0.15, -0.1) is 0 Å². The van der Waals surface area contributed by atoms with Gasteiger partial charge < -0.3 is 4.90 Å². The van der Waals surface area contributed by atoms with Gasteiger partial charge in [-0.3, -0.25) is 9.78 Å². The quantitative estimate of drug-likeness (QED) is 0.803. The predicted octanol–water partition coefficient (Wildman–Crippen LogP) is 3.80. The average Bonchev–Trinajstić information content (AvgIpc) is 3.34. The third-order valence-electron chi connectivity index (χ3n) is 3.71. The van der Waals surface area contributed by atoms with Crippen molar-refractivity contribution < 1.29 is 18.0 Å². The van der Waals surface area contributed by atoms with Gasteiger partial charge in [-0.25, -0.2) is 0 Å². The fourth-order valence-electron chi connectivity index (χ4n) is 2.49. The first kappa shape index (κ1) is 15.5. The van der Waals surface area contributed by atoms with E-state index >= 15 is 0 Å². The van der Waals surface area contributed by atoms with Crippen LogP contribution >= 0.6 is 0 Å². The Balaban J connectivity index is 1.81. The molecule has 1 saturated carbocycles. The minimum atomic E-state index is -4.38. The second kappa shape index (κ2) is 6.02. The van der Waals surface area contributed by atoms with Gasteiger partial charge in [0.15, 0.2) is 0 Å². The fraction of sp³-hybridized carbons (Fsp3) is 0.294. The summed E-state index contributed by atoms with van der Waals surface area (Å²) in [4.78, 5) is 17.3. The Kier molecular flexibility index (Phi) is 4.07. The zero-order valence-corrected chi connectivity index (χ0v) is 12.3. The van der Waals surface area contributed by atoms with Crippen LogP contribution in [-0.2, 0) is 4.79 Å². The molecule has 3 nitrogen and oxygen atoms in total. The van der Waals surface area contributed by atoms with Gasteiger partial charge in [0.1, 0.15) is 6.54 Å². The molecule has 23 heavy (non-hydrogen) atoms. The molecule has 0 saturated heterocycles. The molecule has 0 N–H and O–H groups in total. The molecule has 0 spiro atoms. The minimum absolute atomic E-state index is 0.289. The van der Waals surface area contributed by atoms with Gasteiger partial charge in [0.25, 0.3) is 0 Å². The van der Waals surface area contributed by atoms with Crippen LogP contribution in [0.1, 0.15) is 18.4 Å². The summed E-state index contributed by atoms with van der Waals surface area (Å²) in [6.07, 6.45) is 1.27. The molecule has 1 heterocycles. The third-order valence-corrected chi connectivity index (χ3v) is 3.71. The number of carbonyl (C=O) groups is 1. The summed E-state index contributed by atoms with van der Waals surface area (Å²) in [5.74, 6) is -0.606. The Morgan fingerprint density at radius 3 is 2.70 bits per heavy atom. The van der Waals surface area contributed by atoms with E-state index in [1.165, 1.54) is 6.08 Å². The highest BCUT2D eigenvalue weighted by atomic mass is 19.4. The Hall–Kier alpha value is -2.37. The molecule has 1 aliphatic carbocycles. The Morgan fingerprint density at radius 2 is 2.00 bits per heavy atom. The topological polar surface area (TPSA) is 33.2 Å². The van der Waals surface area contributed by atoms with E-state index < -0.39 is 18.6 Å². The molecule has 6 heteroatoms. The summed E-state index contributed by atoms with van der Waals surface area (Å²) in [6, 6.07) is 8.85. The van der Waals surface area contributed by atoms with Crippen molar-refractivity contribution in [2.75, 3.05) is 6.54 Å². The fourth-order valence-corrected chi connectivity index (χ4v) is 2.49. The van der Waals surface area contributed by atoms with Gasteiger partial charge in [-0.05, 0) is 36.6 Å². The number of rotatable bonds is 4. The van der Waals surface area contributed by atoms with E-state index in [4.69, 9.17) is 0 Å².